The number of rotatable bonds is 12. The lowest BCUT2D eigenvalue weighted by molar-refractivity contribution is -0.119. The van der Waals surface area contributed by atoms with E-state index in [4.69, 9.17) is 0 Å². The maximum atomic E-state index is 12.5. The molecular weight excluding hydrogens is 532 g/mol. The lowest BCUT2D eigenvalue weighted by atomic mass is 9.64. The molecule has 3 aliphatic rings. The van der Waals surface area contributed by atoms with Crippen LogP contribution in [-0.4, -0.2) is 63.2 Å². The zero-order chi connectivity index (χ0) is 29.0. The number of nitrogens with one attached hydrogen (secondary N) is 1. The minimum Gasteiger partial charge on any atom is -0.371 e. The number of nitriles is 1. The van der Waals surface area contributed by atoms with E-state index in [9.17, 15) is 18.5 Å². The Hall–Kier alpha value is -2.89. The average Bonchev–Trinajstić information content (AvgIpc) is 3.81. The van der Waals surface area contributed by atoms with Crippen molar-refractivity contribution in [2.24, 2.45) is 11.8 Å². The van der Waals surface area contributed by atoms with Crippen molar-refractivity contribution < 1.29 is 13.2 Å². The number of carbonyl (C=O) groups is 1. The van der Waals surface area contributed by atoms with Crippen molar-refractivity contribution in [2.75, 3.05) is 37.6 Å². The molecule has 1 N–H and O–H groups in total. The number of sulfone groups is 1. The third-order valence-corrected chi connectivity index (χ3v) is 11.6. The van der Waals surface area contributed by atoms with Gasteiger partial charge in [0.2, 0.25) is 5.91 Å². The van der Waals surface area contributed by atoms with Crippen LogP contribution in [0.1, 0.15) is 64.4 Å². The van der Waals surface area contributed by atoms with E-state index in [0.29, 0.717) is 17.2 Å². The second-order valence-corrected chi connectivity index (χ2v) is 14.7. The van der Waals surface area contributed by atoms with E-state index in [1.54, 1.807) is 19.1 Å². The first-order valence-electron chi connectivity index (χ1n) is 15.3. The van der Waals surface area contributed by atoms with Gasteiger partial charge in [-0.3, -0.25) is 4.79 Å². The molecule has 0 bridgehead atoms. The van der Waals surface area contributed by atoms with Crippen molar-refractivity contribution in [3.05, 3.63) is 60.2 Å². The van der Waals surface area contributed by atoms with Crippen LogP contribution in [0.15, 0.2) is 59.5 Å². The van der Waals surface area contributed by atoms with Crippen LogP contribution in [0.5, 0.6) is 0 Å². The number of carbonyl (C=O) groups excluding carboxylic acids is 1. The number of piperidine rings is 1. The van der Waals surface area contributed by atoms with Gasteiger partial charge < -0.3 is 15.1 Å². The van der Waals surface area contributed by atoms with E-state index >= 15 is 0 Å². The predicted octanol–water partition coefficient (Wildman–Crippen LogP) is 4.93. The molecule has 8 heteroatoms. The monoisotopic (exact) mass is 576 g/mol. The molecule has 7 nitrogen and oxygen atoms in total. The Balaban J connectivity index is 1.17. The van der Waals surface area contributed by atoms with Crippen LogP contribution in [0.3, 0.4) is 0 Å². The summed E-state index contributed by atoms with van der Waals surface area (Å²) >= 11 is 0. The van der Waals surface area contributed by atoms with Gasteiger partial charge in [0.15, 0.2) is 9.84 Å². The summed E-state index contributed by atoms with van der Waals surface area (Å²) in [5.74, 6) is 0.791. The molecule has 0 spiro atoms. The third kappa shape index (κ3) is 6.62. The number of anilines is 1. The molecule has 2 aromatic rings. The van der Waals surface area contributed by atoms with Crippen LogP contribution in [-0.2, 0) is 20.0 Å². The number of benzene rings is 2. The number of amides is 1. The molecule has 2 heterocycles. The van der Waals surface area contributed by atoms with Crippen molar-refractivity contribution in [1.82, 2.24) is 10.2 Å². The van der Waals surface area contributed by atoms with Crippen LogP contribution in [0.4, 0.5) is 5.69 Å². The van der Waals surface area contributed by atoms with E-state index < -0.39 is 15.3 Å². The maximum Gasteiger partial charge on any atom is 0.217 e. The lowest BCUT2D eigenvalue weighted by Gasteiger charge is -2.46. The fraction of sp³-hybridized carbons (Fsp3) is 0.576. The Morgan fingerprint density at radius 1 is 1.05 bits per heavy atom. The maximum absolute atomic E-state index is 12.5. The van der Waals surface area contributed by atoms with Crippen molar-refractivity contribution in [3.8, 4) is 6.07 Å². The minimum absolute atomic E-state index is 0.0146. The predicted molar refractivity (Wildman–Crippen MR) is 162 cm³/mol. The quantitative estimate of drug-likeness (QED) is 0.385. The van der Waals surface area contributed by atoms with Gasteiger partial charge in [0.25, 0.3) is 0 Å². The van der Waals surface area contributed by atoms with E-state index in [0.717, 1.165) is 82.5 Å². The lowest BCUT2D eigenvalue weighted by Crippen LogP contribution is -2.53. The fourth-order valence-electron chi connectivity index (χ4n) is 6.99. The highest BCUT2D eigenvalue weighted by atomic mass is 32.2. The van der Waals surface area contributed by atoms with Gasteiger partial charge in [-0.2, -0.15) is 5.26 Å². The summed E-state index contributed by atoms with van der Waals surface area (Å²) in [6.07, 6.45) is 5.98. The Bertz CT molecular complexity index is 1320. The van der Waals surface area contributed by atoms with E-state index in [-0.39, 0.29) is 23.1 Å². The van der Waals surface area contributed by atoms with Gasteiger partial charge in [-0.15, -0.1) is 0 Å². The zero-order valence-corrected chi connectivity index (χ0v) is 25.3. The Morgan fingerprint density at radius 2 is 1.71 bits per heavy atom. The van der Waals surface area contributed by atoms with Gasteiger partial charge in [0, 0.05) is 44.2 Å². The van der Waals surface area contributed by atoms with Gasteiger partial charge in [-0.25, -0.2) is 8.42 Å². The standard InChI is InChI=1S/C33H44N4O3S/c1-3-7-29(35-25(2)38)20-33(24-34,27-8-5-4-6-9-27)28-16-18-36(19-17-28)21-26-22-37(23-26)30-10-12-31(13-11-30)41(39,40)32-14-15-32/h4-6,8-13,26,28-29,32H,3,7,14-23H2,1-2H3,(H,35,38)/t29-,33?/m0/s1. The summed E-state index contributed by atoms with van der Waals surface area (Å²) in [4.78, 5) is 17.3. The Morgan fingerprint density at radius 3 is 2.27 bits per heavy atom. The normalized spacial score (nSPS) is 21.0. The summed E-state index contributed by atoms with van der Waals surface area (Å²) in [7, 11) is -3.14. The molecule has 2 saturated heterocycles. The summed E-state index contributed by atoms with van der Waals surface area (Å²) in [5.41, 5.74) is 1.54. The van der Waals surface area contributed by atoms with Gasteiger partial charge >= 0.3 is 0 Å². The largest absolute Gasteiger partial charge is 0.371 e. The molecule has 3 fully saturated rings. The van der Waals surface area contributed by atoms with Crippen LogP contribution < -0.4 is 10.2 Å². The molecule has 2 atom stereocenters. The molecule has 0 aromatic heterocycles. The molecule has 1 aliphatic carbocycles. The van der Waals surface area contributed by atoms with Crippen molar-refractivity contribution in [1.29, 1.82) is 5.26 Å². The molecule has 1 unspecified atom stereocenters. The summed E-state index contributed by atoms with van der Waals surface area (Å²) in [5, 5.41) is 13.7. The van der Waals surface area contributed by atoms with Crippen LogP contribution in [0.2, 0.25) is 0 Å². The summed E-state index contributed by atoms with van der Waals surface area (Å²) in [6, 6.07) is 20.4. The van der Waals surface area contributed by atoms with E-state index in [1.807, 2.05) is 30.3 Å². The Labute approximate surface area is 245 Å². The third-order valence-electron chi connectivity index (χ3n) is 9.35. The molecule has 2 aromatic carbocycles. The molecule has 2 aliphatic heterocycles. The topological polar surface area (TPSA) is 93.5 Å². The van der Waals surface area contributed by atoms with Gasteiger partial charge in [-0.05, 0) is 87.4 Å². The SMILES string of the molecule is CCC[C@@H](CC(C#N)(c1ccccc1)C1CCN(CC2CN(c3ccc(S(=O)(=O)C4CC4)cc3)C2)CC1)NC(C)=O. The number of nitrogens with zero attached hydrogens (tertiary/aromatic N) is 3. The molecule has 1 amide bonds. The minimum atomic E-state index is -3.14. The second kappa shape index (κ2) is 12.5. The number of hydrogen-bond acceptors (Lipinski definition) is 6. The second-order valence-electron chi connectivity index (χ2n) is 12.4. The highest BCUT2D eigenvalue weighted by Crippen LogP contribution is 2.43. The summed E-state index contributed by atoms with van der Waals surface area (Å²) < 4.78 is 25.0. The van der Waals surface area contributed by atoms with Crippen molar-refractivity contribution in [2.45, 2.75) is 80.4 Å². The Kier molecular flexibility index (Phi) is 9.06. The van der Waals surface area contributed by atoms with Crippen molar-refractivity contribution >= 4 is 21.4 Å². The van der Waals surface area contributed by atoms with E-state index in [1.165, 1.54) is 0 Å². The smallest absolute Gasteiger partial charge is 0.217 e. The molecule has 41 heavy (non-hydrogen) atoms. The van der Waals surface area contributed by atoms with E-state index in [2.05, 4.69) is 40.2 Å². The van der Waals surface area contributed by atoms with Gasteiger partial charge in [0.1, 0.15) is 0 Å². The first-order chi connectivity index (χ1) is 19.7. The van der Waals surface area contributed by atoms with Gasteiger partial charge in [-0.1, -0.05) is 43.7 Å². The van der Waals surface area contributed by atoms with Crippen LogP contribution >= 0.6 is 0 Å². The van der Waals surface area contributed by atoms with Crippen LogP contribution in [0, 0.1) is 23.2 Å². The fourth-order valence-corrected chi connectivity index (χ4v) is 8.65. The molecule has 1 saturated carbocycles. The molecule has 5 rings (SSSR count). The molecule has 220 valence electrons. The first-order valence-corrected chi connectivity index (χ1v) is 16.8. The van der Waals surface area contributed by atoms with Crippen LogP contribution in [0.25, 0.3) is 0 Å². The molecular formula is C33H44N4O3S. The number of hydrogen-bond donors (Lipinski definition) is 1. The van der Waals surface area contributed by atoms with Gasteiger partial charge in [0.05, 0.1) is 21.6 Å². The highest BCUT2D eigenvalue weighted by molar-refractivity contribution is 7.92. The number of likely N-dealkylation sites (tertiary alicyclic amines) is 1. The summed E-state index contributed by atoms with van der Waals surface area (Å²) in [6.45, 7) is 8.65. The zero-order valence-electron chi connectivity index (χ0n) is 24.5. The molecule has 0 radical (unpaired) electrons. The first kappa shape index (κ1) is 29.6. The average molecular weight is 577 g/mol. The van der Waals surface area contributed by atoms with Crippen molar-refractivity contribution in [3.63, 3.8) is 0 Å². The highest BCUT2D eigenvalue weighted by Gasteiger charge is 2.44.